The van der Waals surface area contributed by atoms with Crippen molar-refractivity contribution in [2.45, 2.75) is 51.0 Å². The fourth-order valence-electron chi connectivity index (χ4n) is 3.43. The number of nitrogens with zero attached hydrogens (tertiary/aromatic N) is 1. The number of carbonyl (C=O) groups is 1. The van der Waals surface area contributed by atoms with Gasteiger partial charge >= 0.3 is 0 Å². The van der Waals surface area contributed by atoms with E-state index in [0.29, 0.717) is 12.3 Å². The molecule has 0 N–H and O–H groups in total. The fraction of sp³-hybridized carbons (Fsp3) is 0.611. The Morgan fingerprint density at radius 2 is 2.23 bits per heavy atom. The summed E-state index contributed by atoms with van der Waals surface area (Å²) in [5, 5.41) is 2.10. The van der Waals surface area contributed by atoms with Crippen LogP contribution in [0.15, 0.2) is 29.2 Å². The normalized spacial score (nSPS) is 21.0. The Bertz CT molecular complexity index is 527. The first-order chi connectivity index (χ1) is 10.7. The number of rotatable bonds is 4. The maximum atomic E-state index is 12.3. The van der Waals surface area contributed by atoms with Gasteiger partial charge in [0.15, 0.2) is 0 Å². The first-order valence-electron chi connectivity index (χ1n) is 8.29. The van der Waals surface area contributed by atoms with Gasteiger partial charge < -0.3 is 9.64 Å². The Hall–Kier alpha value is -1.13. The molecule has 1 aromatic heterocycles. The van der Waals surface area contributed by atoms with Crippen LogP contribution in [0.3, 0.4) is 0 Å². The zero-order valence-electron chi connectivity index (χ0n) is 13.3. The van der Waals surface area contributed by atoms with Crippen LogP contribution in [0, 0.1) is 0 Å². The van der Waals surface area contributed by atoms with Gasteiger partial charge in [0, 0.05) is 24.4 Å². The van der Waals surface area contributed by atoms with E-state index in [1.165, 1.54) is 10.5 Å². The molecule has 0 unspecified atom stereocenters. The van der Waals surface area contributed by atoms with Crippen molar-refractivity contribution in [2.75, 3.05) is 19.7 Å². The van der Waals surface area contributed by atoms with Gasteiger partial charge in [0.1, 0.15) is 0 Å². The number of aryl methyl sites for hydroxylation is 1. The molecular formula is C18H25NO2S. The van der Waals surface area contributed by atoms with Crippen molar-refractivity contribution in [2.24, 2.45) is 0 Å². The van der Waals surface area contributed by atoms with Crippen LogP contribution in [0.4, 0.5) is 0 Å². The highest BCUT2D eigenvalue weighted by Gasteiger charge is 2.36. The number of amides is 1. The number of piperidine rings is 1. The van der Waals surface area contributed by atoms with Gasteiger partial charge in [-0.15, -0.1) is 11.3 Å². The van der Waals surface area contributed by atoms with Crippen LogP contribution in [-0.4, -0.2) is 36.1 Å². The molecule has 120 valence electrons. The summed E-state index contributed by atoms with van der Waals surface area (Å²) in [6, 6.07) is 4.22. The molecule has 4 heteroatoms. The van der Waals surface area contributed by atoms with Crippen molar-refractivity contribution in [1.82, 2.24) is 4.90 Å². The lowest BCUT2D eigenvalue weighted by molar-refractivity contribution is -0.136. The lowest BCUT2D eigenvalue weighted by Crippen LogP contribution is -2.48. The summed E-state index contributed by atoms with van der Waals surface area (Å²) in [6.45, 7) is 4.69. The molecule has 3 heterocycles. The van der Waals surface area contributed by atoms with Crippen molar-refractivity contribution in [3.63, 3.8) is 0 Å². The topological polar surface area (TPSA) is 29.5 Å². The van der Waals surface area contributed by atoms with Gasteiger partial charge in [-0.25, -0.2) is 0 Å². The van der Waals surface area contributed by atoms with E-state index in [9.17, 15) is 4.79 Å². The molecule has 3 nitrogen and oxygen atoms in total. The van der Waals surface area contributed by atoms with Crippen molar-refractivity contribution >= 4 is 17.2 Å². The van der Waals surface area contributed by atoms with Crippen LogP contribution in [0.5, 0.6) is 0 Å². The van der Waals surface area contributed by atoms with Crippen molar-refractivity contribution in [3.05, 3.63) is 34.0 Å². The lowest BCUT2D eigenvalue weighted by Gasteiger charge is -2.42. The third-order valence-electron chi connectivity index (χ3n) is 4.75. The third kappa shape index (κ3) is 3.79. The molecule has 0 aromatic carbocycles. The summed E-state index contributed by atoms with van der Waals surface area (Å²) in [5.41, 5.74) is 1.35. The van der Waals surface area contributed by atoms with Gasteiger partial charge in [0.25, 0.3) is 0 Å². The molecule has 0 radical (unpaired) electrons. The van der Waals surface area contributed by atoms with E-state index < -0.39 is 0 Å². The first kappa shape index (κ1) is 15.8. The predicted molar refractivity (Wildman–Crippen MR) is 90.1 cm³/mol. The molecule has 1 spiro atoms. The van der Waals surface area contributed by atoms with Crippen LogP contribution >= 0.6 is 11.3 Å². The van der Waals surface area contributed by atoms with Gasteiger partial charge in [0.2, 0.25) is 5.91 Å². The Kier molecular flexibility index (Phi) is 4.99. The summed E-state index contributed by atoms with van der Waals surface area (Å²) >= 11 is 1.78. The average Bonchev–Trinajstić information content (AvgIpc) is 3.01. The smallest absolute Gasteiger partial charge is 0.222 e. The lowest BCUT2D eigenvalue weighted by atomic mass is 9.87. The largest absolute Gasteiger partial charge is 0.370 e. The van der Waals surface area contributed by atoms with Crippen LogP contribution in [0.2, 0.25) is 0 Å². The molecular weight excluding hydrogens is 294 g/mol. The minimum absolute atomic E-state index is 0.0872. The quantitative estimate of drug-likeness (QED) is 0.790. The van der Waals surface area contributed by atoms with Gasteiger partial charge in [-0.3, -0.25) is 4.79 Å². The van der Waals surface area contributed by atoms with Crippen LogP contribution in [0.25, 0.3) is 0 Å². The van der Waals surface area contributed by atoms with Crippen LogP contribution in [-0.2, 0) is 16.0 Å². The van der Waals surface area contributed by atoms with E-state index in [1.54, 1.807) is 11.3 Å². The molecule has 1 aromatic rings. The number of ether oxygens (including phenoxy) is 1. The minimum atomic E-state index is -0.0872. The molecule has 1 saturated heterocycles. The number of hydrogen-bond donors (Lipinski definition) is 0. The van der Waals surface area contributed by atoms with Gasteiger partial charge in [0.05, 0.1) is 12.2 Å². The van der Waals surface area contributed by atoms with Crippen molar-refractivity contribution in [1.29, 1.82) is 0 Å². The monoisotopic (exact) mass is 319 g/mol. The third-order valence-corrected chi connectivity index (χ3v) is 5.69. The second-order valence-corrected chi connectivity index (χ2v) is 7.50. The second kappa shape index (κ2) is 6.97. The van der Waals surface area contributed by atoms with Gasteiger partial charge in [-0.2, -0.15) is 0 Å². The standard InChI is InChI=1S/C18H25NO2S/c1-15-7-12-21-18(14-15)8-10-19(11-9-18)17(20)6-2-4-16-5-3-13-22-16/h3,5,13-14H,2,4,6-12H2,1H3. The fourth-order valence-corrected chi connectivity index (χ4v) is 4.18. The van der Waals surface area contributed by atoms with E-state index in [2.05, 4.69) is 30.5 Å². The predicted octanol–water partition coefficient (Wildman–Crippen LogP) is 3.80. The number of likely N-dealkylation sites (tertiary alicyclic amines) is 1. The number of thiophene rings is 1. The van der Waals surface area contributed by atoms with Crippen LogP contribution < -0.4 is 0 Å². The van der Waals surface area contributed by atoms with E-state index in [0.717, 1.165) is 51.8 Å². The molecule has 0 bridgehead atoms. The highest BCUT2D eigenvalue weighted by molar-refractivity contribution is 7.09. The summed E-state index contributed by atoms with van der Waals surface area (Å²) in [5.74, 6) is 0.308. The molecule has 3 rings (SSSR count). The summed E-state index contributed by atoms with van der Waals surface area (Å²) < 4.78 is 6.02. The van der Waals surface area contributed by atoms with E-state index in [1.807, 2.05) is 4.90 Å². The zero-order valence-corrected chi connectivity index (χ0v) is 14.2. The van der Waals surface area contributed by atoms with Crippen molar-refractivity contribution in [3.8, 4) is 0 Å². The molecule has 1 amide bonds. The Morgan fingerprint density at radius 1 is 1.41 bits per heavy atom. The van der Waals surface area contributed by atoms with E-state index in [-0.39, 0.29) is 5.60 Å². The Labute approximate surface area is 137 Å². The highest BCUT2D eigenvalue weighted by Crippen LogP contribution is 2.33. The molecule has 2 aliphatic rings. The summed E-state index contributed by atoms with van der Waals surface area (Å²) in [7, 11) is 0. The first-order valence-corrected chi connectivity index (χ1v) is 9.17. The Balaban J connectivity index is 1.44. The Morgan fingerprint density at radius 3 is 2.91 bits per heavy atom. The van der Waals surface area contributed by atoms with Crippen LogP contribution in [0.1, 0.15) is 43.9 Å². The van der Waals surface area contributed by atoms with E-state index >= 15 is 0 Å². The SMILES string of the molecule is CC1=CC2(CCN(C(=O)CCCc3cccs3)CC2)OCC1. The molecule has 0 saturated carbocycles. The summed E-state index contributed by atoms with van der Waals surface area (Å²) in [4.78, 5) is 15.7. The number of hydrogen-bond acceptors (Lipinski definition) is 3. The summed E-state index contributed by atoms with van der Waals surface area (Å²) in [6.07, 6.45) is 7.88. The molecule has 2 aliphatic heterocycles. The van der Waals surface area contributed by atoms with Gasteiger partial charge in [-0.05, 0) is 50.5 Å². The maximum absolute atomic E-state index is 12.3. The van der Waals surface area contributed by atoms with Gasteiger partial charge in [-0.1, -0.05) is 17.7 Å². The molecule has 1 fully saturated rings. The molecule has 22 heavy (non-hydrogen) atoms. The molecule has 0 aliphatic carbocycles. The van der Waals surface area contributed by atoms with Crippen molar-refractivity contribution < 1.29 is 9.53 Å². The average molecular weight is 319 g/mol. The minimum Gasteiger partial charge on any atom is -0.370 e. The number of carbonyl (C=O) groups excluding carboxylic acids is 1. The molecule has 0 atom stereocenters. The van der Waals surface area contributed by atoms with E-state index in [4.69, 9.17) is 4.74 Å². The zero-order chi connectivity index (χ0) is 15.4. The second-order valence-electron chi connectivity index (χ2n) is 6.47. The highest BCUT2D eigenvalue weighted by atomic mass is 32.1. The maximum Gasteiger partial charge on any atom is 0.222 e.